The van der Waals surface area contributed by atoms with Crippen LogP contribution in [0, 0.1) is 6.92 Å². The summed E-state index contributed by atoms with van der Waals surface area (Å²) in [7, 11) is 0. The largest absolute Gasteiger partial charge is 0.323 e. The molecule has 1 N–H and O–H groups in total. The molecule has 3 heterocycles. The Morgan fingerprint density at radius 3 is 2.45 bits per heavy atom. The molecule has 0 aliphatic rings. The number of hydrogen-bond acceptors (Lipinski definition) is 4. The fourth-order valence-electron chi connectivity index (χ4n) is 4.03. The number of nitrogens with zero attached hydrogens (tertiary/aromatic N) is 5. The van der Waals surface area contributed by atoms with Gasteiger partial charge in [0.25, 0.3) is 5.65 Å². The van der Waals surface area contributed by atoms with E-state index in [1.165, 1.54) is 5.56 Å². The van der Waals surface area contributed by atoms with Gasteiger partial charge in [0.1, 0.15) is 5.52 Å². The van der Waals surface area contributed by atoms with E-state index in [1.807, 2.05) is 43.3 Å². The summed E-state index contributed by atoms with van der Waals surface area (Å²) in [6.07, 6.45) is 3.48. The standard InChI is InChI=1S/C26H24N6O/c1-5-14-31-17(4)28-24-22(26(31)33)23-25(30-21-9-7-6-8-20(21)29-23)32(24)27-15-18-10-12-19(13-11-18)16(2)3/h5-13,15-16H,1,14H2,2-4H3/p+1. The second kappa shape index (κ2) is 8.09. The van der Waals surface area contributed by atoms with Gasteiger partial charge in [-0.05, 0) is 29.2 Å². The van der Waals surface area contributed by atoms with Gasteiger partial charge in [-0.1, -0.05) is 62.9 Å². The second-order valence-electron chi connectivity index (χ2n) is 8.40. The number of hydrogen-bond donors (Lipinski definition) is 0. The van der Waals surface area contributed by atoms with Crippen LogP contribution in [0.4, 0.5) is 0 Å². The number of aromatic nitrogens is 5. The van der Waals surface area contributed by atoms with Crippen molar-refractivity contribution in [1.29, 1.82) is 0 Å². The van der Waals surface area contributed by atoms with E-state index in [1.54, 1.807) is 21.5 Å². The topological polar surface area (TPSA) is 79.2 Å². The number of para-hydroxylation sites is 2. The van der Waals surface area contributed by atoms with Gasteiger partial charge in [-0.15, -0.1) is 9.78 Å². The number of allylic oxidation sites excluding steroid dienone is 1. The van der Waals surface area contributed by atoms with Crippen LogP contribution in [0.25, 0.3) is 33.2 Å². The average Bonchev–Trinajstić information content (AvgIpc) is 3.11. The molecule has 2 aromatic carbocycles. The van der Waals surface area contributed by atoms with Gasteiger partial charge in [0.05, 0.1) is 23.8 Å². The first kappa shape index (κ1) is 20.8. The van der Waals surface area contributed by atoms with Crippen molar-refractivity contribution >= 4 is 39.4 Å². The minimum Gasteiger partial charge on any atom is -0.250 e. The van der Waals surface area contributed by atoms with Crippen LogP contribution in [0.1, 0.15) is 36.7 Å². The lowest BCUT2D eigenvalue weighted by atomic mass is 10.0. The molecule has 0 saturated heterocycles. The van der Waals surface area contributed by atoms with Crippen molar-refractivity contribution in [2.24, 2.45) is 5.10 Å². The van der Waals surface area contributed by atoms with Gasteiger partial charge in [0, 0.05) is 6.92 Å². The number of aryl methyl sites for hydroxylation is 1. The number of rotatable bonds is 5. The van der Waals surface area contributed by atoms with Crippen LogP contribution in [0.5, 0.6) is 0 Å². The summed E-state index contributed by atoms with van der Waals surface area (Å²) in [5.74, 6) is 1.17. The fourth-order valence-corrected chi connectivity index (χ4v) is 4.03. The van der Waals surface area contributed by atoms with Crippen molar-refractivity contribution in [1.82, 2.24) is 19.2 Å². The molecular weight excluding hydrogens is 412 g/mol. The molecule has 3 aromatic heterocycles. The Hall–Kier alpha value is -4.13. The molecule has 0 saturated carbocycles. The first-order valence-electron chi connectivity index (χ1n) is 11.0. The van der Waals surface area contributed by atoms with Gasteiger partial charge in [-0.2, -0.15) is 0 Å². The number of fused-ring (bicyclic) bond motifs is 4. The Balaban J connectivity index is 1.79. The molecule has 5 aromatic rings. The van der Waals surface area contributed by atoms with Gasteiger partial charge in [0.15, 0.2) is 5.39 Å². The van der Waals surface area contributed by atoms with E-state index in [0.717, 1.165) is 16.6 Å². The molecule has 0 spiro atoms. The van der Waals surface area contributed by atoms with Gasteiger partial charge in [0.2, 0.25) is 11.5 Å². The van der Waals surface area contributed by atoms with Crippen molar-refractivity contribution < 1.29 is 4.98 Å². The molecule has 0 fully saturated rings. The zero-order valence-electron chi connectivity index (χ0n) is 18.9. The van der Waals surface area contributed by atoms with E-state index in [-0.39, 0.29) is 5.56 Å². The maximum atomic E-state index is 13.4. The molecule has 0 aliphatic heterocycles. The van der Waals surface area contributed by atoms with E-state index in [9.17, 15) is 4.79 Å². The molecule has 0 atom stereocenters. The summed E-state index contributed by atoms with van der Waals surface area (Å²) in [6.45, 7) is 10.4. The third kappa shape index (κ3) is 3.51. The molecule has 5 rings (SSSR count). The van der Waals surface area contributed by atoms with E-state index in [4.69, 9.17) is 15.1 Å². The minimum absolute atomic E-state index is 0.147. The predicted octanol–water partition coefficient (Wildman–Crippen LogP) is 4.21. The molecule has 0 unspecified atom stereocenters. The maximum absolute atomic E-state index is 13.4. The van der Waals surface area contributed by atoms with E-state index < -0.39 is 0 Å². The average molecular weight is 438 g/mol. The lowest BCUT2D eigenvalue weighted by Crippen LogP contribution is -2.30. The van der Waals surface area contributed by atoms with Crippen LogP contribution in [-0.4, -0.2) is 25.4 Å². The Labute approximate surface area is 190 Å². The highest BCUT2D eigenvalue weighted by atomic mass is 16.1. The molecule has 0 bridgehead atoms. The zero-order valence-corrected chi connectivity index (χ0v) is 18.9. The van der Waals surface area contributed by atoms with Gasteiger partial charge < -0.3 is 0 Å². The normalized spacial score (nSPS) is 12.0. The van der Waals surface area contributed by atoms with E-state index >= 15 is 0 Å². The fraction of sp³-hybridized carbons (Fsp3) is 0.192. The first-order valence-corrected chi connectivity index (χ1v) is 11.0. The quantitative estimate of drug-likeness (QED) is 0.305. The van der Waals surface area contributed by atoms with Crippen molar-refractivity contribution in [3.05, 3.63) is 88.5 Å². The molecular formula is C26H25N6O+. The highest BCUT2D eigenvalue weighted by Crippen LogP contribution is 2.24. The summed E-state index contributed by atoms with van der Waals surface area (Å²) < 4.78 is 3.32. The number of benzene rings is 2. The maximum Gasteiger partial charge on any atom is 0.323 e. The third-order valence-corrected chi connectivity index (χ3v) is 5.84. The molecule has 164 valence electrons. The highest BCUT2D eigenvalue weighted by Gasteiger charge is 2.25. The smallest absolute Gasteiger partial charge is 0.250 e. The predicted molar refractivity (Wildman–Crippen MR) is 132 cm³/mol. The lowest BCUT2D eigenvalue weighted by Gasteiger charge is -2.04. The van der Waals surface area contributed by atoms with Crippen molar-refractivity contribution in [2.75, 3.05) is 0 Å². The van der Waals surface area contributed by atoms with Crippen LogP contribution in [0.3, 0.4) is 0 Å². The van der Waals surface area contributed by atoms with Crippen LogP contribution in [0.15, 0.2) is 71.1 Å². The third-order valence-electron chi connectivity index (χ3n) is 5.84. The van der Waals surface area contributed by atoms with Gasteiger partial charge >= 0.3 is 5.56 Å². The first-order chi connectivity index (χ1) is 16.0. The lowest BCUT2D eigenvalue weighted by molar-refractivity contribution is -0.368. The number of nitrogens with one attached hydrogen (secondary N) is 1. The Morgan fingerprint density at radius 1 is 1.09 bits per heavy atom. The van der Waals surface area contributed by atoms with Crippen LogP contribution >= 0.6 is 0 Å². The monoisotopic (exact) mass is 437 g/mol. The molecule has 0 aliphatic carbocycles. The molecule has 7 nitrogen and oxygen atoms in total. The Morgan fingerprint density at radius 2 is 1.79 bits per heavy atom. The van der Waals surface area contributed by atoms with Crippen LogP contribution in [-0.2, 0) is 6.54 Å². The van der Waals surface area contributed by atoms with Gasteiger partial charge in [-0.25, -0.2) is 24.3 Å². The molecule has 0 amide bonds. The van der Waals surface area contributed by atoms with Gasteiger partial charge in [-0.3, -0.25) is 0 Å². The molecule has 33 heavy (non-hydrogen) atoms. The van der Waals surface area contributed by atoms with Crippen LogP contribution < -0.4 is 10.5 Å². The molecule has 0 radical (unpaired) electrons. The number of aromatic amines is 1. The Kier molecular flexibility index (Phi) is 5.09. The van der Waals surface area contributed by atoms with Crippen LogP contribution in [0.2, 0.25) is 0 Å². The van der Waals surface area contributed by atoms with Crippen molar-refractivity contribution in [2.45, 2.75) is 33.2 Å². The SMILES string of the molecule is C=CCn1c(C)[nH+]c2c(c1=O)c1nc3ccccc3nc1n2N=Cc1ccc(C(C)C)cc1. The zero-order chi connectivity index (χ0) is 23.1. The number of H-pyrrole nitrogens is 1. The molecule has 7 heteroatoms. The van der Waals surface area contributed by atoms with Crippen molar-refractivity contribution in [3.8, 4) is 0 Å². The summed E-state index contributed by atoms with van der Waals surface area (Å²) in [4.78, 5) is 26.4. The summed E-state index contributed by atoms with van der Waals surface area (Å²) >= 11 is 0. The summed E-state index contributed by atoms with van der Waals surface area (Å²) in [5, 5.41) is 5.18. The Bertz CT molecular complexity index is 1610. The second-order valence-corrected chi connectivity index (χ2v) is 8.40. The summed E-state index contributed by atoms with van der Waals surface area (Å²) in [5.41, 5.74) is 5.18. The van der Waals surface area contributed by atoms with E-state index in [2.05, 4.69) is 37.5 Å². The highest BCUT2D eigenvalue weighted by molar-refractivity contribution is 6.03. The minimum atomic E-state index is -0.147. The van der Waals surface area contributed by atoms with Crippen molar-refractivity contribution in [3.63, 3.8) is 0 Å². The summed E-state index contributed by atoms with van der Waals surface area (Å²) in [6, 6.07) is 15.9. The van der Waals surface area contributed by atoms with E-state index in [0.29, 0.717) is 40.5 Å².